The summed E-state index contributed by atoms with van der Waals surface area (Å²) in [4.78, 5) is 27.1. The molecule has 1 saturated heterocycles. The molecule has 34 heavy (non-hydrogen) atoms. The Kier molecular flexibility index (Phi) is 8.28. The van der Waals surface area contributed by atoms with Gasteiger partial charge in [-0.25, -0.2) is 0 Å². The number of carbonyl (C=O) groups is 2. The van der Waals surface area contributed by atoms with Crippen LogP contribution in [0.4, 0.5) is 0 Å². The SMILES string of the molecule is CCCc1ccc(C2C(c3cccc(Cl)c3)OC(CC(=O)O)C(=O)N2CC2CCCCC2)cc1. The molecule has 2 aromatic rings. The second-order valence-electron chi connectivity index (χ2n) is 9.63. The number of amides is 1. The molecule has 1 N–H and O–H groups in total. The summed E-state index contributed by atoms with van der Waals surface area (Å²) >= 11 is 6.32. The highest BCUT2D eigenvalue weighted by atomic mass is 35.5. The molecular weight excluding hydrogens is 450 g/mol. The zero-order valence-corrected chi connectivity index (χ0v) is 20.5. The van der Waals surface area contributed by atoms with Crippen molar-refractivity contribution in [3.63, 3.8) is 0 Å². The van der Waals surface area contributed by atoms with Crippen molar-refractivity contribution in [3.05, 3.63) is 70.2 Å². The summed E-state index contributed by atoms with van der Waals surface area (Å²) in [5, 5.41) is 10.1. The molecule has 182 valence electrons. The molecule has 1 saturated carbocycles. The Hall–Kier alpha value is -2.37. The Balaban J connectivity index is 1.76. The van der Waals surface area contributed by atoms with Gasteiger partial charge in [0, 0.05) is 11.6 Å². The fourth-order valence-corrected chi connectivity index (χ4v) is 5.61. The van der Waals surface area contributed by atoms with Crippen LogP contribution in [-0.4, -0.2) is 34.5 Å². The van der Waals surface area contributed by atoms with Gasteiger partial charge in [-0.2, -0.15) is 0 Å². The summed E-state index contributed by atoms with van der Waals surface area (Å²) in [5.41, 5.74) is 3.12. The third-order valence-electron chi connectivity index (χ3n) is 7.07. The molecule has 5 nitrogen and oxygen atoms in total. The van der Waals surface area contributed by atoms with Crippen molar-refractivity contribution in [2.24, 2.45) is 5.92 Å². The van der Waals surface area contributed by atoms with Crippen molar-refractivity contribution in [3.8, 4) is 0 Å². The molecule has 4 rings (SSSR count). The highest BCUT2D eigenvalue weighted by molar-refractivity contribution is 6.30. The van der Waals surface area contributed by atoms with Gasteiger partial charge in [-0.05, 0) is 54.0 Å². The second kappa shape index (κ2) is 11.4. The highest BCUT2D eigenvalue weighted by Crippen LogP contribution is 2.44. The number of aliphatic carboxylic acids is 1. The maximum absolute atomic E-state index is 13.6. The van der Waals surface area contributed by atoms with Crippen molar-refractivity contribution in [1.29, 1.82) is 0 Å². The molecule has 1 heterocycles. The van der Waals surface area contributed by atoms with Gasteiger partial charge in [0.15, 0.2) is 0 Å². The zero-order chi connectivity index (χ0) is 24.1. The van der Waals surface area contributed by atoms with Crippen molar-refractivity contribution >= 4 is 23.5 Å². The first-order chi connectivity index (χ1) is 16.5. The van der Waals surface area contributed by atoms with Crippen LogP contribution in [0.1, 0.15) is 80.7 Å². The molecule has 3 unspecified atom stereocenters. The van der Waals surface area contributed by atoms with Crippen LogP contribution in [0.15, 0.2) is 48.5 Å². The van der Waals surface area contributed by atoms with E-state index in [1.54, 1.807) is 0 Å². The maximum atomic E-state index is 13.6. The molecule has 0 aromatic heterocycles. The first-order valence-electron chi connectivity index (χ1n) is 12.5. The monoisotopic (exact) mass is 483 g/mol. The van der Waals surface area contributed by atoms with Crippen LogP contribution >= 0.6 is 11.6 Å². The number of ether oxygens (including phenoxy) is 1. The van der Waals surface area contributed by atoms with Crippen LogP contribution in [0.3, 0.4) is 0 Å². The molecule has 1 aliphatic heterocycles. The van der Waals surface area contributed by atoms with E-state index < -0.39 is 18.2 Å². The van der Waals surface area contributed by atoms with Gasteiger partial charge in [0.1, 0.15) is 12.2 Å². The lowest BCUT2D eigenvalue weighted by atomic mass is 9.86. The lowest BCUT2D eigenvalue weighted by molar-refractivity contribution is -0.180. The summed E-state index contributed by atoms with van der Waals surface area (Å²) in [6.45, 7) is 2.78. The lowest BCUT2D eigenvalue weighted by Crippen LogP contribution is -2.52. The van der Waals surface area contributed by atoms with Gasteiger partial charge in [-0.15, -0.1) is 0 Å². The molecular formula is C28H34ClNO4. The number of nitrogens with zero attached hydrogens (tertiary/aromatic N) is 1. The average molecular weight is 484 g/mol. The second-order valence-corrected chi connectivity index (χ2v) is 10.1. The molecule has 3 atom stereocenters. The van der Waals surface area contributed by atoms with Gasteiger partial charge in [-0.3, -0.25) is 9.59 Å². The summed E-state index contributed by atoms with van der Waals surface area (Å²) < 4.78 is 6.28. The number of halogens is 1. The van der Waals surface area contributed by atoms with Crippen molar-refractivity contribution < 1.29 is 19.4 Å². The Bertz CT molecular complexity index is 986. The molecule has 0 radical (unpaired) electrons. The van der Waals surface area contributed by atoms with E-state index in [1.807, 2.05) is 29.2 Å². The van der Waals surface area contributed by atoms with Gasteiger partial charge in [-0.1, -0.05) is 80.6 Å². The Morgan fingerprint density at radius 2 is 1.82 bits per heavy atom. The number of morpholine rings is 1. The van der Waals surface area contributed by atoms with Crippen molar-refractivity contribution in [2.45, 2.75) is 76.5 Å². The van der Waals surface area contributed by atoms with E-state index in [-0.39, 0.29) is 18.4 Å². The van der Waals surface area contributed by atoms with Gasteiger partial charge in [0.05, 0.1) is 12.5 Å². The summed E-state index contributed by atoms with van der Waals surface area (Å²) in [6, 6.07) is 15.6. The lowest BCUT2D eigenvalue weighted by Gasteiger charge is -2.46. The first kappa shape index (κ1) is 24.7. The number of hydrogen-bond donors (Lipinski definition) is 1. The molecule has 2 aromatic carbocycles. The Morgan fingerprint density at radius 1 is 1.09 bits per heavy atom. The van der Waals surface area contributed by atoms with E-state index in [0.717, 1.165) is 36.8 Å². The van der Waals surface area contributed by atoms with E-state index in [4.69, 9.17) is 16.3 Å². The summed E-state index contributed by atoms with van der Waals surface area (Å²) in [7, 11) is 0. The number of aryl methyl sites for hydroxylation is 1. The summed E-state index contributed by atoms with van der Waals surface area (Å²) in [6.07, 6.45) is 6.00. The minimum atomic E-state index is -1.04. The fraction of sp³-hybridized carbons (Fsp3) is 0.500. The molecule has 6 heteroatoms. The number of carboxylic acid groups (broad SMARTS) is 1. The summed E-state index contributed by atoms with van der Waals surface area (Å²) in [5.74, 6) is -0.847. The third-order valence-corrected chi connectivity index (χ3v) is 7.30. The van der Waals surface area contributed by atoms with Crippen LogP contribution in [0, 0.1) is 5.92 Å². The van der Waals surface area contributed by atoms with Crippen LogP contribution < -0.4 is 0 Å². The Morgan fingerprint density at radius 3 is 2.47 bits per heavy atom. The van der Waals surface area contributed by atoms with Crippen molar-refractivity contribution in [2.75, 3.05) is 6.54 Å². The third kappa shape index (κ3) is 5.81. The van der Waals surface area contributed by atoms with E-state index in [0.29, 0.717) is 17.5 Å². The predicted octanol–water partition coefficient (Wildman–Crippen LogP) is 6.36. The predicted molar refractivity (Wildman–Crippen MR) is 133 cm³/mol. The molecule has 2 fully saturated rings. The number of carbonyl (C=O) groups excluding carboxylic acids is 1. The molecule has 0 spiro atoms. The fourth-order valence-electron chi connectivity index (χ4n) is 5.41. The molecule has 2 aliphatic rings. The van der Waals surface area contributed by atoms with E-state index >= 15 is 0 Å². The Labute approximate surface area is 207 Å². The van der Waals surface area contributed by atoms with Gasteiger partial charge in [0.2, 0.25) is 0 Å². The number of rotatable bonds is 8. The van der Waals surface area contributed by atoms with E-state index in [2.05, 4.69) is 31.2 Å². The quantitative estimate of drug-likeness (QED) is 0.474. The number of carboxylic acids is 1. The van der Waals surface area contributed by atoms with Crippen LogP contribution in [0.2, 0.25) is 5.02 Å². The molecule has 0 bridgehead atoms. The zero-order valence-electron chi connectivity index (χ0n) is 19.8. The van der Waals surface area contributed by atoms with E-state index in [1.165, 1.54) is 24.8 Å². The minimum Gasteiger partial charge on any atom is -0.481 e. The van der Waals surface area contributed by atoms with Crippen LogP contribution in [0.5, 0.6) is 0 Å². The number of benzene rings is 2. The van der Waals surface area contributed by atoms with Crippen LogP contribution in [0.25, 0.3) is 0 Å². The van der Waals surface area contributed by atoms with Gasteiger partial charge >= 0.3 is 5.97 Å². The molecule has 1 amide bonds. The average Bonchev–Trinajstić information content (AvgIpc) is 2.83. The normalized spacial score (nSPS) is 23.8. The van der Waals surface area contributed by atoms with E-state index in [9.17, 15) is 14.7 Å². The van der Waals surface area contributed by atoms with Crippen molar-refractivity contribution in [1.82, 2.24) is 4.90 Å². The maximum Gasteiger partial charge on any atom is 0.306 e. The number of hydrogen-bond acceptors (Lipinski definition) is 3. The van der Waals surface area contributed by atoms with Gasteiger partial charge in [0.25, 0.3) is 5.91 Å². The first-order valence-corrected chi connectivity index (χ1v) is 12.9. The smallest absolute Gasteiger partial charge is 0.306 e. The largest absolute Gasteiger partial charge is 0.481 e. The topological polar surface area (TPSA) is 66.8 Å². The van der Waals surface area contributed by atoms with Crippen LogP contribution in [-0.2, 0) is 20.7 Å². The highest BCUT2D eigenvalue weighted by Gasteiger charge is 2.45. The minimum absolute atomic E-state index is 0.228. The standard InChI is InChI=1S/C28H34ClNO4/c1-2-7-19-12-14-21(15-13-19)26-27(22-10-6-11-23(29)16-22)34-24(17-25(31)32)28(33)30(26)18-20-8-4-3-5-9-20/h6,10-16,20,24,26-27H,2-5,7-9,17-18H2,1H3,(H,31,32). The molecule has 1 aliphatic carbocycles. The van der Waals surface area contributed by atoms with Gasteiger partial charge < -0.3 is 14.7 Å².